The summed E-state index contributed by atoms with van der Waals surface area (Å²) >= 11 is 0. The van der Waals surface area contributed by atoms with Crippen LogP contribution in [-0.4, -0.2) is 11.6 Å². The van der Waals surface area contributed by atoms with Crippen molar-refractivity contribution in [3.8, 4) is 0 Å². The number of carbonyl (C=O) groups excluding carboxylic acids is 2. The van der Waals surface area contributed by atoms with Gasteiger partial charge in [-0.3, -0.25) is 9.59 Å². The summed E-state index contributed by atoms with van der Waals surface area (Å²) in [6.07, 6.45) is 0.192. The van der Waals surface area contributed by atoms with E-state index in [9.17, 15) is 9.59 Å². The molecule has 3 rings (SSSR count). The third kappa shape index (κ3) is 4.48. The van der Waals surface area contributed by atoms with Gasteiger partial charge in [-0.1, -0.05) is 90.5 Å². The van der Waals surface area contributed by atoms with Gasteiger partial charge in [-0.25, -0.2) is 0 Å². The fourth-order valence-corrected chi connectivity index (χ4v) is 3.04. The van der Waals surface area contributed by atoms with Crippen LogP contribution in [0.1, 0.15) is 45.2 Å². The van der Waals surface area contributed by atoms with E-state index in [0.29, 0.717) is 16.7 Å². The summed E-state index contributed by atoms with van der Waals surface area (Å²) in [5, 5.41) is 0. The maximum absolute atomic E-state index is 13.0. The summed E-state index contributed by atoms with van der Waals surface area (Å²) in [4.78, 5) is 25.8. The number of aryl methyl sites for hydroxylation is 1. The predicted molar refractivity (Wildman–Crippen MR) is 110 cm³/mol. The van der Waals surface area contributed by atoms with Crippen molar-refractivity contribution in [2.75, 3.05) is 0 Å². The highest BCUT2D eigenvalue weighted by atomic mass is 16.1. The van der Waals surface area contributed by atoms with Crippen LogP contribution < -0.4 is 0 Å². The molecule has 0 aromatic heterocycles. The second-order valence-electron chi connectivity index (χ2n) is 6.63. The molecule has 0 aliphatic carbocycles. The molecule has 0 N–H and O–H groups in total. The molecule has 0 saturated carbocycles. The number of benzene rings is 3. The summed E-state index contributed by atoms with van der Waals surface area (Å²) in [5.74, 6) is -0.0415. The Morgan fingerprint density at radius 1 is 0.667 bits per heavy atom. The van der Waals surface area contributed by atoms with Gasteiger partial charge in [0.05, 0.1) is 0 Å². The molecule has 0 radical (unpaired) electrons. The molecule has 3 aromatic rings. The molecule has 0 atom stereocenters. The standard InChI is InChI=1S/C25H22O2/c1-18-13-15-22(16-14-18)25(27)19(2)23(20-9-5-3-6-10-20)17-24(26)21-11-7-4-8-12-21/h3-16H,17H2,1-2H3. The number of hydrogen-bond acceptors (Lipinski definition) is 2. The Morgan fingerprint density at radius 3 is 1.74 bits per heavy atom. The van der Waals surface area contributed by atoms with E-state index in [2.05, 4.69) is 0 Å². The largest absolute Gasteiger partial charge is 0.294 e. The molecule has 0 unspecified atom stereocenters. The molecule has 27 heavy (non-hydrogen) atoms. The fraction of sp³-hybridized carbons (Fsp3) is 0.120. The smallest absolute Gasteiger partial charge is 0.189 e. The van der Waals surface area contributed by atoms with E-state index < -0.39 is 0 Å². The van der Waals surface area contributed by atoms with Crippen molar-refractivity contribution < 1.29 is 9.59 Å². The monoisotopic (exact) mass is 354 g/mol. The maximum Gasteiger partial charge on any atom is 0.189 e. The average Bonchev–Trinajstić information content (AvgIpc) is 2.72. The zero-order valence-corrected chi connectivity index (χ0v) is 15.6. The number of rotatable bonds is 6. The second-order valence-corrected chi connectivity index (χ2v) is 6.63. The number of allylic oxidation sites excluding steroid dienone is 2. The molecule has 2 heteroatoms. The lowest BCUT2D eigenvalue weighted by molar-refractivity contribution is 0.0998. The molecule has 0 aliphatic rings. The predicted octanol–water partition coefficient (Wildman–Crippen LogP) is 5.92. The molecular weight excluding hydrogens is 332 g/mol. The lowest BCUT2D eigenvalue weighted by atomic mass is 9.90. The van der Waals surface area contributed by atoms with Crippen molar-refractivity contribution in [2.24, 2.45) is 0 Å². The van der Waals surface area contributed by atoms with Gasteiger partial charge < -0.3 is 0 Å². The highest BCUT2D eigenvalue weighted by Gasteiger charge is 2.18. The van der Waals surface area contributed by atoms with E-state index in [4.69, 9.17) is 0 Å². The van der Waals surface area contributed by atoms with Gasteiger partial charge in [0.1, 0.15) is 0 Å². The highest BCUT2D eigenvalue weighted by Crippen LogP contribution is 2.26. The van der Waals surface area contributed by atoms with Gasteiger partial charge in [-0.15, -0.1) is 0 Å². The average molecular weight is 354 g/mol. The van der Waals surface area contributed by atoms with Crippen LogP contribution in [0.25, 0.3) is 5.57 Å². The summed E-state index contributed by atoms with van der Waals surface area (Å²) in [7, 11) is 0. The van der Waals surface area contributed by atoms with E-state index in [-0.39, 0.29) is 18.0 Å². The van der Waals surface area contributed by atoms with Crippen LogP contribution in [0, 0.1) is 6.92 Å². The quantitative estimate of drug-likeness (QED) is 0.406. The van der Waals surface area contributed by atoms with Gasteiger partial charge in [0.15, 0.2) is 11.6 Å². The minimum Gasteiger partial charge on any atom is -0.294 e. The Morgan fingerprint density at radius 2 is 1.19 bits per heavy atom. The first-order valence-electron chi connectivity index (χ1n) is 9.01. The second kappa shape index (κ2) is 8.41. The molecule has 0 amide bonds. The maximum atomic E-state index is 13.0. The third-order valence-corrected chi connectivity index (χ3v) is 4.66. The number of Topliss-reactive ketones (excluding diaryl/α,β-unsaturated/α-hetero) is 2. The molecule has 0 saturated heterocycles. The Labute approximate surface area is 160 Å². The molecule has 2 nitrogen and oxygen atoms in total. The van der Waals surface area contributed by atoms with Gasteiger partial charge in [0, 0.05) is 23.1 Å². The van der Waals surface area contributed by atoms with Gasteiger partial charge in [0.25, 0.3) is 0 Å². The van der Waals surface area contributed by atoms with Crippen molar-refractivity contribution in [1.29, 1.82) is 0 Å². The van der Waals surface area contributed by atoms with Crippen molar-refractivity contribution >= 4 is 17.1 Å². The van der Waals surface area contributed by atoms with E-state index in [1.165, 1.54) is 0 Å². The zero-order chi connectivity index (χ0) is 19.2. The van der Waals surface area contributed by atoms with Gasteiger partial charge in [-0.2, -0.15) is 0 Å². The SMILES string of the molecule is CC(C(=O)c1ccc(C)cc1)=C(CC(=O)c1ccccc1)c1ccccc1. The summed E-state index contributed by atoms with van der Waals surface area (Å²) < 4.78 is 0. The molecule has 3 aromatic carbocycles. The first-order valence-corrected chi connectivity index (χ1v) is 9.01. The lowest BCUT2D eigenvalue weighted by Crippen LogP contribution is -2.08. The lowest BCUT2D eigenvalue weighted by Gasteiger charge is -2.12. The molecular formula is C25H22O2. The van der Waals surface area contributed by atoms with Crippen LogP contribution in [0.15, 0.2) is 90.5 Å². The molecule has 0 heterocycles. The molecule has 0 bridgehead atoms. The summed E-state index contributed by atoms with van der Waals surface area (Å²) in [6, 6.07) is 26.4. The van der Waals surface area contributed by atoms with E-state index in [1.54, 1.807) is 0 Å². The van der Waals surface area contributed by atoms with Crippen LogP contribution in [0.3, 0.4) is 0 Å². The van der Waals surface area contributed by atoms with Gasteiger partial charge in [-0.05, 0) is 25.0 Å². The van der Waals surface area contributed by atoms with Crippen LogP contribution in [0.2, 0.25) is 0 Å². The van der Waals surface area contributed by atoms with E-state index >= 15 is 0 Å². The van der Waals surface area contributed by atoms with Crippen molar-refractivity contribution in [2.45, 2.75) is 20.3 Å². The third-order valence-electron chi connectivity index (χ3n) is 4.66. The molecule has 0 fully saturated rings. The first kappa shape index (κ1) is 18.5. The van der Waals surface area contributed by atoms with E-state index in [0.717, 1.165) is 16.7 Å². The summed E-state index contributed by atoms with van der Waals surface area (Å²) in [6.45, 7) is 3.80. The molecule has 0 aliphatic heterocycles. The van der Waals surface area contributed by atoms with Crippen LogP contribution in [-0.2, 0) is 0 Å². The Balaban J connectivity index is 2.01. The first-order chi connectivity index (χ1) is 13.1. The van der Waals surface area contributed by atoms with Crippen molar-refractivity contribution in [1.82, 2.24) is 0 Å². The Kier molecular flexibility index (Phi) is 5.77. The van der Waals surface area contributed by atoms with Gasteiger partial charge in [0.2, 0.25) is 0 Å². The van der Waals surface area contributed by atoms with E-state index in [1.807, 2.05) is 98.8 Å². The summed E-state index contributed by atoms with van der Waals surface area (Å²) in [5.41, 5.74) is 4.68. The van der Waals surface area contributed by atoms with Crippen LogP contribution >= 0.6 is 0 Å². The highest BCUT2D eigenvalue weighted by molar-refractivity contribution is 6.15. The fourth-order valence-electron chi connectivity index (χ4n) is 3.04. The number of carbonyl (C=O) groups is 2. The van der Waals surface area contributed by atoms with Crippen molar-refractivity contribution in [3.63, 3.8) is 0 Å². The minimum absolute atomic E-state index is 0.00510. The van der Waals surface area contributed by atoms with Crippen LogP contribution in [0.4, 0.5) is 0 Å². The Bertz CT molecular complexity index is 966. The molecule has 134 valence electrons. The zero-order valence-electron chi connectivity index (χ0n) is 15.6. The van der Waals surface area contributed by atoms with Gasteiger partial charge >= 0.3 is 0 Å². The number of ketones is 2. The normalized spacial score (nSPS) is 11.6. The van der Waals surface area contributed by atoms with Crippen LogP contribution in [0.5, 0.6) is 0 Å². The Hall–Kier alpha value is -3.26. The molecule has 0 spiro atoms. The number of hydrogen-bond donors (Lipinski definition) is 0. The topological polar surface area (TPSA) is 34.1 Å². The van der Waals surface area contributed by atoms with Crippen molar-refractivity contribution in [3.05, 3.63) is 113 Å². The minimum atomic E-state index is -0.0466.